The number of aliphatic hydroxyl groups is 1. The number of hydrogen-bond acceptors (Lipinski definition) is 2. The summed E-state index contributed by atoms with van der Waals surface area (Å²) in [5.74, 6) is 1.01. The molecule has 2 rings (SSSR count). The van der Waals surface area contributed by atoms with E-state index in [-0.39, 0.29) is 0 Å². The van der Waals surface area contributed by atoms with E-state index in [4.69, 9.17) is 0 Å². The molecule has 86 valence electrons. The Morgan fingerprint density at radius 3 is 2.69 bits per heavy atom. The topological polar surface area (TPSA) is 38.0 Å². The van der Waals surface area contributed by atoms with Gasteiger partial charge in [-0.3, -0.25) is 0 Å². The minimum Gasteiger partial charge on any atom is -0.390 e. The van der Waals surface area contributed by atoms with E-state index in [1.165, 1.54) is 0 Å². The minimum atomic E-state index is -0.627. The standard InChI is InChI=1S/C13H18N2O/c1-10-14-11-6-4-5-7-12(11)15(10)9-8-13(2,3)16/h4-7,16H,8-9H2,1-3H3. The van der Waals surface area contributed by atoms with Gasteiger partial charge in [0.05, 0.1) is 16.6 Å². The van der Waals surface area contributed by atoms with Gasteiger partial charge < -0.3 is 9.67 Å². The zero-order chi connectivity index (χ0) is 11.8. The maximum atomic E-state index is 9.75. The van der Waals surface area contributed by atoms with Gasteiger partial charge in [-0.25, -0.2) is 4.98 Å². The van der Waals surface area contributed by atoms with Crippen LogP contribution in [0.3, 0.4) is 0 Å². The molecule has 0 bridgehead atoms. The summed E-state index contributed by atoms with van der Waals surface area (Å²) in [6.07, 6.45) is 0.730. The maximum absolute atomic E-state index is 9.75. The third-order valence-corrected chi connectivity index (χ3v) is 2.79. The number of aryl methyl sites for hydroxylation is 2. The van der Waals surface area contributed by atoms with Crippen molar-refractivity contribution in [3.05, 3.63) is 30.1 Å². The number of benzene rings is 1. The van der Waals surface area contributed by atoms with Crippen LogP contribution in [0.25, 0.3) is 11.0 Å². The van der Waals surface area contributed by atoms with Crippen molar-refractivity contribution in [1.29, 1.82) is 0 Å². The molecular weight excluding hydrogens is 200 g/mol. The van der Waals surface area contributed by atoms with Crippen molar-refractivity contribution in [2.75, 3.05) is 0 Å². The smallest absolute Gasteiger partial charge is 0.106 e. The number of para-hydroxylation sites is 2. The molecule has 3 nitrogen and oxygen atoms in total. The van der Waals surface area contributed by atoms with Gasteiger partial charge in [0.25, 0.3) is 0 Å². The van der Waals surface area contributed by atoms with Crippen LogP contribution < -0.4 is 0 Å². The molecule has 0 spiro atoms. The van der Waals surface area contributed by atoms with Crippen LogP contribution in [0.4, 0.5) is 0 Å². The Morgan fingerprint density at radius 2 is 2.00 bits per heavy atom. The average molecular weight is 218 g/mol. The second-order valence-electron chi connectivity index (χ2n) is 4.86. The van der Waals surface area contributed by atoms with Gasteiger partial charge in [0.2, 0.25) is 0 Å². The Hall–Kier alpha value is -1.35. The van der Waals surface area contributed by atoms with Gasteiger partial charge in [0.15, 0.2) is 0 Å². The average Bonchev–Trinajstić information content (AvgIpc) is 2.49. The summed E-state index contributed by atoms with van der Waals surface area (Å²) in [5, 5.41) is 9.75. The first-order valence-corrected chi connectivity index (χ1v) is 5.62. The van der Waals surface area contributed by atoms with E-state index >= 15 is 0 Å². The molecule has 1 heterocycles. The number of fused-ring (bicyclic) bond motifs is 1. The van der Waals surface area contributed by atoms with Crippen LogP contribution in [0, 0.1) is 6.92 Å². The van der Waals surface area contributed by atoms with Crippen LogP contribution >= 0.6 is 0 Å². The van der Waals surface area contributed by atoms with Crippen LogP contribution in [0.2, 0.25) is 0 Å². The van der Waals surface area contributed by atoms with E-state index in [2.05, 4.69) is 15.6 Å². The van der Waals surface area contributed by atoms with Crippen LogP contribution in [-0.4, -0.2) is 20.3 Å². The molecule has 2 aromatic rings. The molecule has 1 aromatic carbocycles. The fourth-order valence-corrected chi connectivity index (χ4v) is 1.86. The zero-order valence-corrected chi connectivity index (χ0v) is 10.1. The summed E-state index contributed by atoms with van der Waals surface area (Å²) in [5.41, 5.74) is 1.54. The summed E-state index contributed by atoms with van der Waals surface area (Å²) in [4.78, 5) is 4.50. The molecule has 16 heavy (non-hydrogen) atoms. The quantitative estimate of drug-likeness (QED) is 0.859. The third kappa shape index (κ3) is 2.25. The second-order valence-corrected chi connectivity index (χ2v) is 4.86. The van der Waals surface area contributed by atoms with Gasteiger partial charge >= 0.3 is 0 Å². The lowest BCUT2D eigenvalue weighted by atomic mass is 10.1. The van der Waals surface area contributed by atoms with Crippen LogP contribution in [-0.2, 0) is 6.54 Å². The molecule has 0 unspecified atom stereocenters. The molecule has 1 aromatic heterocycles. The highest BCUT2D eigenvalue weighted by atomic mass is 16.3. The lowest BCUT2D eigenvalue weighted by molar-refractivity contribution is 0.0664. The Bertz CT molecular complexity index is 494. The van der Waals surface area contributed by atoms with Gasteiger partial charge in [-0.1, -0.05) is 12.1 Å². The SMILES string of the molecule is Cc1nc2ccccc2n1CCC(C)(C)O. The van der Waals surface area contributed by atoms with E-state index in [1.54, 1.807) is 0 Å². The largest absolute Gasteiger partial charge is 0.390 e. The lowest BCUT2D eigenvalue weighted by Gasteiger charge is -2.18. The molecular formula is C13H18N2O. The number of aromatic nitrogens is 2. The predicted molar refractivity (Wildman–Crippen MR) is 65.4 cm³/mol. The molecule has 0 aliphatic heterocycles. The monoisotopic (exact) mass is 218 g/mol. The lowest BCUT2D eigenvalue weighted by Crippen LogP contribution is -2.21. The first-order valence-electron chi connectivity index (χ1n) is 5.62. The Labute approximate surface area is 95.7 Å². The maximum Gasteiger partial charge on any atom is 0.106 e. The number of nitrogens with zero attached hydrogens (tertiary/aromatic N) is 2. The van der Waals surface area contributed by atoms with Gasteiger partial charge in [0, 0.05) is 6.54 Å². The van der Waals surface area contributed by atoms with E-state index < -0.39 is 5.60 Å². The molecule has 0 saturated carbocycles. The third-order valence-electron chi connectivity index (χ3n) is 2.79. The van der Waals surface area contributed by atoms with E-state index in [0.29, 0.717) is 0 Å². The highest BCUT2D eigenvalue weighted by Crippen LogP contribution is 2.18. The van der Waals surface area contributed by atoms with Crippen LogP contribution in [0.15, 0.2) is 24.3 Å². The van der Waals surface area contributed by atoms with Crippen LogP contribution in [0.1, 0.15) is 26.1 Å². The van der Waals surface area contributed by atoms with Gasteiger partial charge in [-0.15, -0.1) is 0 Å². The molecule has 0 fully saturated rings. The Morgan fingerprint density at radius 1 is 1.31 bits per heavy atom. The molecule has 1 N–H and O–H groups in total. The van der Waals surface area contributed by atoms with E-state index in [9.17, 15) is 5.11 Å². The molecule has 0 radical (unpaired) electrons. The van der Waals surface area contributed by atoms with E-state index in [1.807, 2.05) is 39.0 Å². The van der Waals surface area contributed by atoms with Gasteiger partial charge in [-0.2, -0.15) is 0 Å². The van der Waals surface area contributed by atoms with Crippen molar-refractivity contribution >= 4 is 11.0 Å². The summed E-state index contributed by atoms with van der Waals surface area (Å²) < 4.78 is 2.16. The van der Waals surface area contributed by atoms with Crippen molar-refractivity contribution in [2.45, 2.75) is 39.3 Å². The summed E-state index contributed by atoms with van der Waals surface area (Å²) in [7, 11) is 0. The highest BCUT2D eigenvalue weighted by molar-refractivity contribution is 5.75. The van der Waals surface area contributed by atoms with Gasteiger partial charge in [0.1, 0.15) is 5.82 Å². The molecule has 0 aliphatic carbocycles. The summed E-state index contributed by atoms with van der Waals surface area (Å²) in [6.45, 7) is 6.48. The molecule has 0 amide bonds. The molecule has 3 heteroatoms. The van der Waals surface area contributed by atoms with Crippen molar-refractivity contribution in [2.24, 2.45) is 0 Å². The fraction of sp³-hybridized carbons (Fsp3) is 0.462. The zero-order valence-electron chi connectivity index (χ0n) is 10.1. The Balaban J connectivity index is 2.33. The fourth-order valence-electron chi connectivity index (χ4n) is 1.86. The van der Waals surface area contributed by atoms with Crippen molar-refractivity contribution in [3.8, 4) is 0 Å². The van der Waals surface area contributed by atoms with Crippen molar-refractivity contribution in [1.82, 2.24) is 9.55 Å². The van der Waals surface area contributed by atoms with E-state index in [0.717, 1.165) is 29.8 Å². The first-order chi connectivity index (χ1) is 7.47. The highest BCUT2D eigenvalue weighted by Gasteiger charge is 2.14. The van der Waals surface area contributed by atoms with Gasteiger partial charge in [-0.05, 0) is 39.3 Å². The Kier molecular flexibility index (Phi) is 2.72. The molecule has 0 saturated heterocycles. The number of rotatable bonds is 3. The minimum absolute atomic E-state index is 0.627. The van der Waals surface area contributed by atoms with Crippen LogP contribution in [0.5, 0.6) is 0 Å². The number of hydrogen-bond donors (Lipinski definition) is 1. The first kappa shape index (κ1) is 11.1. The molecule has 0 aliphatic rings. The van der Waals surface area contributed by atoms with Crippen molar-refractivity contribution < 1.29 is 5.11 Å². The predicted octanol–water partition coefficient (Wildman–Crippen LogP) is 2.51. The molecule has 0 atom stereocenters. The van der Waals surface area contributed by atoms with Crippen molar-refractivity contribution in [3.63, 3.8) is 0 Å². The summed E-state index contributed by atoms with van der Waals surface area (Å²) >= 11 is 0. The number of imidazole rings is 1. The second kappa shape index (κ2) is 3.91. The summed E-state index contributed by atoms with van der Waals surface area (Å²) in [6, 6.07) is 8.10. The normalized spacial score (nSPS) is 12.2.